The van der Waals surface area contributed by atoms with Crippen molar-refractivity contribution in [2.75, 3.05) is 13.1 Å². The van der Waals surface area contributed by atoms with Crippen molar-refractivity contribution in [1.82, 2.24) is 14.9 Å². The van der Waals surface area contributed by atoms with Gasteiger partial charge in [-0.05, 0) is 60.0 Å². The maximum absolute atomic E-state index is 12.9. The van der Waals surface area contributed by atoms with Gasteiger partial charge in [0, 0.05) is 42.4 Å². The summed E-state index contributed by atoms with van der Waals surface area (Å²) in [5, 5.41) is 0.789. The van der Waals surface area contributed by atoms with Crippen molar-refractivity contribution in [2.24, 2.45) is 4.99 Å². The molecule has 1 aromatic carbocycles. The molecular weight excluding hydrogens is 408 g/mol. The highest BCUT2D eigenvalue weighted by Gasteiger charge is 2.43. The standard InChI is InChI=1S/C24H22N4O2S/c29-22-21(20(18-7-3-11-25-18)19-8-4-12-26-19)31-23(27-22)28-13-9-24(10-14-28)17-6-2-1-5-16(17)15-30-24/h1-8,11-12,25-26H,9-10,13-15H2. The van der Waals surface area contributed by atoms with Crippen LogP contribution in [0.4, 0.5) is 0 Å². The lowest BCUT2D eigenvalue weighted by molar-refractivity contribution is -0.113. The summed E-state index contributed by atoms with van der Waals surface area (Å²) < 4.78 is 6.28. The average molecular weight is 431 g/mol. The minimum Gasteiger partial charge on any atom is -0.365 e. The number of carbonyl (C=O) groups is 1. The Morgan fingerprint density at radius 3 is 2.39 bits per heavy atom. The van der Waals surface area contributed by atoms with Gasteiger partial charge in [0.2, 0.25) is 0 Å². The number of hydrogen-bond acceptors (Lipinski definition) is 4. The highest BCUT2D eigenvalue weighted by Crippen LogP contribution is 2.45. The molecule has 2 N–H and O–H groups in total. The van der Waals surface area contributed by atoms with Gasteiger partial charge in [-0.3, -0.25) is 4.79 Å². The summed E-state index contributed by atoms with van der Waals surface area (Å²) in [6.45, 7) is 2.33. The molecule has 3 aliphatic heterocycles. The molecule has 7 heteroatoms. The van der Waals surface area contributed by atoms with Crippen LogP contribution < -0.4 is 0 Å². The van der Waals surface area contributed by atoms with Crippen LogP contribution in [0.1, 0.15) is 35.4 Å². The zero-order valence-electron chi connectivity index (χ0n) is 16.9. The Morgan fingerprint density at radius 2 is 1.71 bits per heavy atom. The monoisotopic (exact) mass is 430 g/mol. The van der Waals surface area contributed by atoms with Crippen LogP contribution in [0.15, 0.2) is 70.8 Å². The minimum atomic E-state index is -0.195. The molecule has 156 valence electrons. The Balaban J connectivity index is 1.25. The van der Waals surface area contributed by atoms with Gasteiger partial charge in [-0.2, -0.15) is 4.99 Å². The van der Waals surface area contributed by atoms with Crippen LogP contribution in [-0.2, 0) is 21.7 Å². The Hall–Kier alpha value is -3.03. The molecule has 3 aromatic rings. The van der Waals surface area contributed by atoms with Gasteiger partial charge in [0.1, 0.15) is 0 Å². The molecule has 3 aliphatic rings. The summed E-state index contributed by atoms with van der Waals surface area (Å²) in [7, 11) is 0. The van der Waals surface area contributed by atoms with E-state index in [0.717, 1.165) is 48.1 Å². The molecule has 0 saturated carbocycles. The predicted octanol–water partition coefficient (Wildman–Crippen LogP) is 4.25. The molecule has 0 atom stereocenters. The molecule has 0 aliphatic carbocycles. The molecule has 5 heterocycles. The second-order valence-electron chi connectivity index (χ2n) is 8.10. The van der Waals surface area contributed by atoms with Gasteiger partial charge in [0.05, 0.1) is 17.1 Å². The number of aromatic amines is 2. The summed E-state index contributed by atoms with van der Waals surface area (Å²) in [4.78, 5) is 26.7. The molecule has 1 spiro atoms. The van der Waals surface area contributed by atoms with Crippen LogP contribution >= 0.6 is 11.8 Å². The molecule has 1 saturated heterocycles. The predicted molar refractivity (Wildman–Crippen MR) is 121 cm³/mol. The fourth-order valence-corrected chi connectivity index (χ4v) is 5.88. The van der Waals surface area contributed by atoms with Gasteiger partial charge >= 0.3 is 0 Å². The van der Waals surface area contributed by atoms with Gasteiger partial charge in [0.15, 0.2) is 5.17 Å². The molecule has 0 unspecified atom stereocenters. The Labute approximate surface area is 184 Å². The van der Waals surface area contributed by atoms with Crippen LogP contribution in [0.5, 0.6) is 0 Å². The molecule has 1 amide bonds. The Bertz CT molecular complexity index is 1150. The van der Waals surface area contributed by atoms with Crippen molar-refractivity contribution in [1.29, 1.82) is 0 Å². The molecule has 6 rings (SSSR count). The number of ether oxygens (including phenoxy) is 1. The summed E-state index contributed by atoms with van der Waals surface area (Å²) in [5.41, 5.74) is 5.11. The van der Waals surface area contributed by atoms with E-state index >= 15 is 0 Å². The first kappa shape index (κ1) is 18.7. The Morgan fingerprint density at radius 1 is 1.00 bits per heavy atom. The number of nitrogens with one attached hydrogen (secondary N) is 2. The quantitative estimate of drug-likeness (QED) is 0.596. The number of thioether (sulfide) groups is 1. The van der Waals surface area contributed by atoms with Crippen molar-refractivity contribution < 1.29 is 9.53 Å². The van der Waals surface area contributed by atoms with E-state index in [1.165, 1.54) is 22.9 Å². The van der Waals surface area contributed by atoms with E-state index < -0.39 is 0 Å². The van der Waals surface area contributed by atoms with Gasteiger partial charge in [-0.1, -0.05) is 24.3 Å². The summed E-state index contributed by atoms with van der Waals surface area (Å²) >= 11 is 1.47. The van der Waals surface area contributed by atoms with Crippen LogP contribution in [0.25, 0.3) is 5.57 Å². The van der Waals surface area contributed by atoms with Crippen molar-refractivity contribution in [3.8, 4) is 0 Å². The lowest BCUT2D eigenvalue weighted by Gasteiger charge is -2.39. The topological polar surface area (TPSA) is 73.5 Å². The summed E-state index contributed by atoms with van der Waals surface area (Å²) in [6.07, 6.45) is 5.54. The summed E-state index contributed by atoms with van der Waals surface area (Å²) in [6, 6.07) is 16.4. The molecule has 0 bridgehead atoms. The number of likely N-dealkylation sites (tertiary alicyclic amines) is 1. The number of carbonyl (C=O) groups excluding carboxylic acids is 1. The highest BCUT2D eigenvalue weighted by atomic mass is 32.2. The fourth-order valence-electron chi connectivity index (χ4n) is 4.81. The number of aromatic nitrogens is 2. The minimum absolute atomic E-state index is 0.179. The van der Waals surface area contributed by atoms with E-state index in [4.69, 9.17) is 4.74 Å². The molecule has 0 radical (unpaired) electrons. The summed E-state index contributed by atoms with van der Waals surface area (Å²) in [5.74, 6) is -0.179. The normalized spacial score (nSPS) is 19.7. The van der Waals surface area contributed by atoms with Crippen molar-refractivity contribution in [2.45, 2.75) is 25.0 Å². The van der Waals surface area contributed by atoms with Gasteiger partial charge in [0.25, 0.3) is 5.91 Å². The first-order valence-corrected chi connectivity index (χ1v) is 11.4. The smallest absolute Gasteiger partial charge is 0.287 e. The third kappa shape index (κ3) is 3.07. The van der Waals surface area contributed by atoms with Crippen LogP contribution in [0.3, 0.4) is 0 Å². The van der Waals surface area contributed by atoms with E-state index in [-0.39, 0.29) is 11.5 Å². The zero-order chi connectivity index (χ0) is 20.8. The lowest BCUT2D eigenvalue weighted by Crippen LogP contribution is -2.44. The molecular formula is C24H22N4O2S. The number of hydrogen-bond donors (Lipinski definition) is 2. The number of benzene rings is 1. The largest absolute Gasteiger partial charge is 0.365 e. The molecule has 31 heavy (non-hydrogen) atoms. The van der Waals surface area contributed by atoms with E-state index in [1.807, 2.05) is 36.7 Å². The van der Waals surface area contributed by atoms with E-state index in [2.05, 4.69) is 44.1 Å². The highest BCUT2D eigenvalue weighted by molar-refractivity contribution is 8.18. The number of H-pyrrole nitrogens is 2. The fraction of sp³-hybridized carbons (Fsp3) is 0.250. The lowest BCUT2D eigenvalue weighted by atomic mass is 9.84. The van der Waals surface area contributed by atoms with Crippen LogP contribution in [0, 0.1) is 0 Å². The molecule has 1 fully saturated rings. The van der Waals surface area contributed by atoms with Gasteiger partial charge in [-0.25, -0.2) is 0 Å². The number of piperidine rings is 1. The van der Waals surface area contributed by atoms with Crippen LogP contribution in [0.2, 0.25) is 0 Å². The second-order valence-corrected chi connectivity index (χ2v) is 9.08. The van der Waals surface area contributed by atoms with E-state index in [0.29, 0.717) is 11.5 Å². The zero-order valence-corrected chi connectivity index (χ0v) is 17.7. The van der Waals surface area contributed by atoms with E-state index in [9.17, 15) is 4.79 Å². The molecule has 2 aromatic heterocycles. The van der Waals surface area contributed by atoms with Crippen molar-refractivity contribution >= 4 is 28.4 Å². The van der Waals surface area contributed by atoms with Crippen molar-refractivity contribution in [3.05, 3.63) is 88.3 Å². The van der Waals surface area contributed by atoms with Gasteiger partial charge < -0.3 is 19.6 Å². The van der Waals surface area contributed by atoms with Crippen molar-refractivity contribution in [3.63, 3.8) is 0 Å². The number of amides is 1. The first-order chi connectivity index (χ1) is 15.2. The van der Waals surface area contributed by atoms with Crippen LogP contribution in [-0.4, -0.2) is 39.0 Å². The number of aliphatic imine (C=N–C) groups is 1. The number of nitrogens with zero attached hydrogens (tertiary/aromatic N) is 2. The first-order valence-electron chi connectivity index (χ1n) is 10.5. The number of rotatable bonds is 2. The maximum atomic E-state index is 12.9. The number of amidine groups is 1. The average Bonchev–Trinajstić information content (AvgIpc) is 3.60. The second kappa shape index (κ2) is 7.28. The third-order valence-corrected chi connectivity index (χ3v) is 7.52. The third-order valence-electron chi connectivity index (χ3n) is 6.40. The SMILES string of the molecule is O=C1N=C(N2CCC3(CC2)OCc2ccccc23)SC1=C(c1ccc[nH]1)c1ccc[nH]1. The van der Waals surface area contributed by atoms with E-state index in [1.54, 1.807) is 0 Å². The Kier molecular flexibility index (Phi) is 4.40. The number of fused-ring (bicyclic) bond motifs is 2. The van der Waals surface area contributed by atoms with Gasteiger partial charge in [-0.15, -0.1) is 0 Å². The molecule has 6 nitrogen and oxygen atoms in total. The maximum Gasteiger partial charge on any atom is 0.287 e.